The average Bonchev–Trinajstić information content (AvgIpc) is 2.90. The molecule has 26 heavy (non-hydrogen) atoms. The number of nitrogens with zero attached hydrogens (tertiary/aromatic N) is 1. The molecule has 0 spiro atoms. The predicted molar refractivity (Wildman–Crippen MR) is 94.1 cm³/mol. The van der Waals surface area contributed by atoms with Crippen LogP contribution in [0.15, 0.2) is 30.5 Å². The van der Waals surface area contributed by atoms with Crippen molar-refractivity contribution in [3.8, 4) is 0 Å². The minimum atomic E-state index is -1.38. The summed E-state index contributed by atoms with van der Waals surface area (Å²) in [5, 5.41) is 12.4. The highest BCUT2D eigenvalue weighted by molar-refractivity contribution is 5.95. The second-order valence-electron chi connectivity index (χ2n) is 6.59. The first-order chi connectivity index (χ1) is 12.1. The smallest absolute Gasteiger partial charge is 0.418 e. The first kappa shape index (κ1) is 19.3. The van der Waals surface area contributed by atoms with E-state index in [2.05, 4.69) is 5.32 Å². The normalized spacial score (nSPS) is 12.5. The van der Waals surface area contributed by atoms with E-state index in [1.807, 2.05) is 0 Å². The number of rotatable bonds is 4. The Morgan fingerprint density at radius 2 is 1.88 bits per heavy atom. The van der Waals surface area contributed by atoms with Crippen molar-refractivity contribution in [2.75, 3.05) is 6.61 Å². The monoisotopic (exact) mass is 362 g/mol. The zero-order valence-corrected chi connectivity index (χ0v) is 15.1. The van der Waals surface area contributed by atoms with Crippen molar-refractivity contribution in [2.24, 2.45) is 0 Å². The Labute approximate surface area is 150 Å². The minimum Gasteiger partial charge on any atom is -0.479 e. The lowest BCUT2D eigenvalue weighted by Gasteiger charge is -2.21. The molecule has 0 aliphatic heterocycles. The molecule has 0 aliphatic carbocycles. The topological polar surface area (TPSA) is 107 Å². The van der Waals surface area contributed by atoms with Gasteiger partial charge in [0.1, 0.15) is 5.60 Å². The molecule has 1 atom stereocenters. The lowest BCUT2D eigenvalue weighted by molar-refractivity contribution is -0.139. The number of aliphatic carboxylic acids is 1. The molecule has 1 aromatic carbocycles. The maximum atomic E-state index is 12.2. The van der Waals surface area contributed by atoms with Crippen LogP contribution in [0.5, 0.6) is 0 Å². The number of carboxylic acids is 1. The van der Waals surface area contributed by atoms with Gasteiger partial charge in [0.2, 0.25) is 0 Å². The molecule has 1 heterocycles. The summed E-state index contributed by atoms with van der Waals surface area (Å²) in [6, 6.07) is 5.40. The van der Waals surface area contributed by atoms with Crippen LogP contribution in [-0.4, -0.2) is 40.0 Å². The van der Waals surface area contributed by atoms with Gasteiger partial charge in [-0.3, -0.25) is 4.57 Å². The number of fused-ring (bicyclic) bond motifs is 1. The van der Waals surface area contributed by atoms with E-state index in [1.54, 1.807) is 52.0 Å². The van der Waals surface area contributed by atoms with Crippen LogP contribution in [0.4, 0.5) is 9.59 Å². The second-order valence-corrected chi connectivity index (χ2v) is 6.59. The summed E-state index contributed by atoms with van der Waals surface area (Å²) >= 11 is 0. The Kier molecular flexibility index (Phi) is 5.54. The second kappa shape index (κ2) is 7.47. The third-order valence-corrected chi connectivity index (χ3v) is 3.43. The predicted octanol–water partition coefficient (Wildman–Crippen LogP) is 3.30. The first-order valence-corrected chi connectivity index (χ1v) is 8.13. The van der Waals surface area contributed by atoms with Crippen molar-refractivity contribution in [3.05, 3.63) is 36.0 Å². The van der Waals surface area contributed by atoms with Crippen LogP contribution in [0, 0.1) is 0 Å². The molecule has 0 saturated carbocycles. The summed E-state index contributed by atoms with van der Waals surface area (Å²) in [4.78, 5) is 35.9. The van der Waals surface area contributed by atoms with Crippen molar-refractivity contribution in [2.45, 2.75) is 39.3 Å². The number of carbonyl (C=O) groups is 3. The zero-order valence-electron chi connectivity index (χ0n) is 15.1. The van der Waals surface area contributed by atoms with Gasteiger partial charge in [0, 0.05) is 17.1 Å². The van der Waals surface area contributed by atoms with Crippen LogP contribution in [-0.2, 0) is 14.3 Å². The minimum absolute atomic E-state index is 0.180. The van der Waals surface area contributed by atoms with Gasteiger partial charge in [0.05, 0.1) is 12.1 Å². The number of amides is 1. The molecular formula is C18H22N2O6. The fourth-order valence-electron chi connectivity index (χ4n) is 2.48. The van der Waals surface area contributed by atoms with E-state index in [0.717, 1.165) is 0 Å². The fraction of sp³-hybridized carbons (Fsp3) is 0.389. The number of alkyl carbamates (subject to hydrolysis) is 1. The lowest BCUT2D eigenvalue weighted by atomic mass is 10.1. The summed E-state index contributed by atoms with van der Waals surface area (Å²) in [7, 11) is 0. The molecule has 2 rings (SSSR count). The molecule has 2 aromatic rings. The fourth-order valence-corrected chi connectivity index (χ4v) is 2.48. The Morgan fingerprint density at radius 3 is 2.46 bits per heavy atom. The van der Waals surface area contributed by atoms with Crippen LogP contribution in [0.2, 0.25) is 0 Å². The number of ether oxygens (including phenoxy) is 2. The Balaban J connectivity index is 2.46. The number of benzene rings is 1. The molecule has 8 nitrogen and oxygen atoms in total. The van der Waals surface area contributed by atoms with E-state index in [1.165, 1.54) is 10.8 Å². The Hall–Kier alpha value is -3.03. The number of hydrogen-bond acceptors (Lipinski definition) is 5. The highest BCUT2D eigenvalue weighted by atomic mass is 16.6. The van der Waals surface area contributed by atoms with Crippen LogP contribution in [0.25, 0.3) is 10.9 Å². The Morgan fingerprint density at radius 1 is 1.23 bits per heavy atom. The van der Waals surface area contributed by atoms with Crippen molar-refractivity contribution < 1.29 is 29.0 Å². The standard InChI is InChI=1S/C18H22N2O6/c1-5-25-17(24)20-10-12(11-8-6-7-9-13(11)20)14(15(21)22)19-16(23)26-18(2,3)4/h6-10,14H,5H2,1-4H3,(H,19,23)(H,21,22)/t14-/m0/s1. The molecule has 1 amide bonds. The van der Waals surface area contributed by atoms with Gasteiger partial charge in [-0.05, 0) is 33.8 Å². The number of carboxylic acid groups (broad SMARTS) is 1. The summed E-state index contributed by atoms with van der Waals surface area (Å²) in [6.07, 6.45) is -0.132. The molecule has 140 valence electrons. The molecular weight excluding hydrogens is 340 g/mol. The zero-order chi connectivity index (χ0) is 19.5. The van der Waals surface area contributed by atoms with Crippen LogP contribution >= 0.6 is 0 Å². The number of carbonyl (C=O) groups excluding carboxylic acids is 2. The van der Waals surface area contributed by atoms with Crippen LogP contribution < -0.4 is 5.32 Å². The molecule has 0 unspecified atom stereocenters. The maximum Gasteiger partial charge on any atom is 0.418 e. The maximum absolute atomic E-state index is 12.2. The SMILES string of the molecule is CCOC(=O)n1cc([C@H](NC(=O)OC(C)(C)C)C(=O)O)c2ccccc21. The van der Waals surface area contributed by atoms with E-state index in [4.69, 9.17) is 9.47 Å². The van der Waals surface area contributed by atoms with Gasteiger partial charge < -0.3 is 19.9 Å². The van der Waals surface area contributed by atoms with Gasteiger partial charge in [0.25, 0.3) is 0 Å². The van der Waals surface area contributed by atoms with Crippen molar-refractivity contribution in [1.82, 2.24) is 9.88 Å². The van der Waals surface area contributed by atoms with Gasteiger partial charge in [-0.1, -0.05) is 18.2 Å². The third-order valence-electron chi connectivity index (χ3n) is 3.43. The summed E-state index contributed by atoms with van der Waals surface area (Å²) in [5.41, 5.74) is -0.0308. The Bertz CT molecular complexity index is 834. The van der Waals surface area contributed by atoms with Crippen molar-refractivity contribution >= 4 is 29.1 Å². The summed E-state index contributed by atoms with van der Waals surface area (Å²) < 4.78 is 11.4. The quantitative estimate of drug-likeness (QED) is 0.864. The molecule has 2 N–H and O–H groups in total. The van der Waals surface area contributed by atoms with Gasteiger partial charge in [-0.15, -0.1) is 0 Å². The largest absolute Gasteiger partial charge is 0.479 e. The molecule has 0 fully saturated rings. The molecule has 0 bridgehead atoms. The van der Waals surface area contributed by atoms with Gasteiger partial charge in [-0.2, -0.15) is 0 Å². The van der Waals surface area contributed by atoms with E-state index in [0.29, 0.717) is 10.9 Å². The molecule has 8 heteroatoms. The van der Waals surface area contributed by atoms with Crippen molar-refractivity contribution in [1.29, 1.82) is 0 Å². The number of nitrogens with one attached hydrogen (secondary N) is 1. The van der Waals surface area contributed by atoms with Crippen LogP contribution in [0.3, 0.4) is 0 Å². The average molecular weight is 362 g/mol. The van der Waals surface area contributed by atoms with Crippen LogP contribution in [0.1, 0.15) is 39.3 Å². The molecule has 0 aliphatic rings. The van der Waals surface area contributed by atoms with E-state index in [-0.39, 0.29) is 12.2 Å². The van der Waals surface area contributed by atoms with E-state index in [9.17, 15) is 19.5 Å². The van der Waals surface area contributed by atoms with Gasteiger partial charge >= 0.3 is 18.2 Å². The molecule has 0 radical (unpaired) electrons. The molecule has 0 saturated heterocycles. The number of aromatic nitrogens is 1. The third kappa shape index (κ3) is 4.33. The van der Waals surface area contributed by atoms with E-state index >= 15 is 0 Å². The molecule has 1 aromatic heterocycles. The van der Waals surface area contributed by atoms with E-state index < -0.39 is 29.8 Å². The lowest BCUT2D eigenvalue weighted by Crippen LogP contribution is -2.38. The highest BCUT2D eigenvalue weighted by Crippen LogP contribution is 2.27. The first-order valence-electron chi connectivity index (χ1n) is 8.13. The van der Waals surface area contributed by atoms with Crippen molar-refractivity contribution in [3.63, 3.8) is 0 Å². The summed E-state index contributed by atoms with van der Waals surface area (Å²) in [5.74, 6) is -1.28. The van der Waals surface area contributed by atoms with Gasteiger partial charge in [0.15, 0.2) is 6.04 Å². The number of hydrogen-bond donors (Lipinski definition) is 2. The van der Waals surface area contributed by atoms with Gasteiger partial charge in [-0.25, -0.2) is 14.4 Å². The summed E-state index contributed by atoms with van der Waals surface area (Å²) in [6.45, 7) is 6.88. The number of para-hydroxylation sites is 1. The highest BCUT2D eigenvalue weighted by Gasteiger charge is 2.29.